The second-order valence-corrected chi connectivity index (χ2v) is 7.02. The standard InChI is InChI=1S/C22H25NO4/c1-2-15-7-3-5-9-18(15)16(14-22(25)26)11-12-20-21(24)13-17-8-4-6-10-19(17)23(20)27/h2-10,16,20-21,24,27H,1,11-14H2,(H,25,26). The first-order chi connectivity index (χ1) is 13.0. The topological polar surface area (TPSA) is 81.0 Å². The van der Waals surface area contributed by atoms with Crippen molar-refractivity contribution in [1.82, 2.24) is 0 Å². The Morgan fingerprint density at radius 2 is 1.93 bits per heavy atom. The van der Waals surface area contributed by atoms with Crippen LogP contribution in [0.4, 0.5) is 5.69 Å². The van der Waals surface area contributed by atoms with Crippen molar-refractivity contribution in [3.63, 3.8) is 0 Å². The fourth-order valence-corrected chi connectivity index (χ4v) is 3.94. The predicted octanol–water partition coefficient (Wildman–Crippen LogP) is 3.85. The fraction of sp³-hybridized carbons (Fsp3) is 0.318. The normalized spacial score (nSPS) is 20.0. The van der Waals surface area contributed by atoms with Gasteiger partial charge in [0.15, 0.2) is 0 Å². The highest BCUT2D eigenvalue weighted by atomic mass is 16.5. The Kier molecular flexibility index (Phi) is 5.94. The van der Waals surface area contributed by atoms with Gasteiger partial charge in [0.1, 0.15) is 0 Å². The number of benzene rings is 2. The van der Waals surface area contributed by atoms with Gasteiger partial charge in [0.05, 0.1) is 24.3 Å². The van der Waals surface area contributed by atoms with Gasteiger partial charge < -0.3 is 10.2 Å². The minimum atomic E-state index is -0.866. The molecule has 5 nitrogen and oxygen atoms in total. The molecule has 3 rings (SSSR count). The number of aliphatic carboxylic acids is 1. The van der Waals surface area contributed by atoms with Crippen molar-refractivity contribution in [2.24, 2.45) is 0 Å². The number of carboxylic acids is 1. The maximum absolute atomic E-state index is 11.4. The number of para-hydroxylation sites is 1. The number of hydrogen-bond acceptors (Lipinski definition) is 4. The summed E-state index contributed by atoms with van der Waals surface area (Å²) in [6, 6.07) is 14.6. The Morgan fingerprint density at radius 1 is 1.22 bits per heavy atom. The van der Waals surface area contributed by atoms with Crippen LogP contribution in [0.1, 0.15) is 41.9 Å². The van der Waals surface area contributed by atoms with E-state index in [9.17, 15) is 20.2 Å². The van der Waals surface area contributed by atoms with Gasteiger partial charge in [-0.3, -0.25) is 15.1 Å². The highest BCUT2D eigenvalue weighted by molar-refractivity contribution is 5.68. The molecule has 0 bridgehead atoms. The average molecular weight is 367 g/mol. The zero-order valence-corrected chi connectivity index (χ0v) is 15.2. The molecule has 1 aliphatic heterocycles. The molecule has 0 amide bonds. The molecular weight excluding hydrogens is 342 g/mol. The van der Waals surface area contributed by atoms with E-state index in [1.807, 2.05) is 48.5 Å². The van der Waals surface area contributed by atoms with E-state index in [0.29, 0.717) is 24.9 Å². The second-order valence-electron chi connectivity index (χ2n) is 7.02. The summed E-state index contributed by atoms with van der Waals surface area (Å²) < 4.78 is 0. The molecule has 2 aromatic carbocycles. The van der Waals surface area contributed by atoms with Crippen LogP contribution < -0.4 is 5.06 Å². The molecular formula is C22H25NO4. The molecule has 27 heavy (non-hydrogen) atoms. The van der Waals surface area contributed by atoms with Crippen molar-refractivity contribution < 1.29 is 20.2 Å². The third kappa shape index (κ3) is 4.21. The molecule has 1 aliphatic rings. The molecule has 3 N–H and O–H groups in total. The van der Waals surface area contributed by atoms with Crippen LogP contribution >= 0.6 is 0 Å². The number of carbonyl (C=O) groups is 1. The Labute approximate surface area is 159 Å². The third-order valence-corrected chi connectivity index (χ3v) is 5.31. The number of carboxylic acid groups (broad SMARTS) is 1. The smallest absolute Gasteiger partial charge is 0.303 e. The van der Waals surface area contributed by atoms with Gasteiger partial charge in [0.25, 0.3) is 0 Å². The number of hydrogen-bond donors (Lipinski definition) is 3. The molecule has 2 aromatic rings. The van der Waals surface area contributed by atoms with E-state index >= 15 is 0 Å². The molecule has 142 valence electrons. The number of nitrogens with zero attached hydrogens (tertiary/aromatic N) is 1. The number of aliphatic hydroxyl groups is 1. The van der Waals surface area contributed by atoms with Crippen LogP contribution in [-0.4, -0.2) is 33.5 Å². The number of aliphatic hydroxyl groups excluding tert-OH is 1. The van der Waals surface area contributed by atoms with E-state index in [4.69, 9.17) is 0 Å². The Balaban J connectivity index is 1.79. The minimum absolute atomic E-state index is 0.00428. The summed E-state index contributed by atoms with van der Waals surface area (Å²) in [5.74, 6) is -1.08. The molecule has 3 unspecified atom stereocenters. The van der Waals surface area contributed by atoms with Crippen LogP contribution in [0.5, 0.6) is 0 Å². The zero-order valence-electron chi connectivity index (χ0n) is 15.2. The van der Waals surface area contributed by atoms with Gasteiger partial charge in [-0.2, -0.15) is 0 Å². The van der Waals surface area contributed by atoms with Gasteiger partial charge >= 0.3 is 5.97 Å². The zero-order chi connectivity index (χ0) is 19.4. The van der Waals surface area contributed by atoms with Crippen molar-refractivity contribution in [3.05, 3.63) is 71.8 Å². The number of hydroxylamine groups is 1. The first-order valence-electron chi connectivity index (χ1n) is 9.18. The summed E-state index contributed by atoms with van der Waals surface area (Å²) in [5, 5.41) is 31.6. The van der Waals surface area contributed by atoms with Crippen LogP contribution in [0.25, 0.3) is 6.08 Å². The maximum atomic E-state index is 11.4. The van der Waals surface area contributed by atoms with E-state index in [1.165, 1.54) is 0 Å². The molecule has 0 saturated carbocycles. The first kappa shape index (κ1) is 19.1. The van der Waals surface area contributed by atoms with Crippen LogP contribution in [-0.2, 0) is 11.2 Å². The summed E-state index contributed by atoms with van der Waals surface area (Å²) in [4.78, 5) is 11.4. The second kappa shape index (κ2) is 8.37. The molecule has 0 fully saturated rings. The molecule has 3 atom stereocenters. The van der Waals surface area contributed by atoms with Gasteiger partial charge in [-0.15, -0.1) is 0 Å². The molecule has 5 heteroatoms. The summed E-state index contributed by atoms with van der Waals surface area (Å²) in [7, 11) is 0. The molecule has 0 spiro atoms. The fourth-order valence-electron chi connectivity index (χ4n) is 3.94. The van der Waals surface area contributed by atoms with Gasteiger partial charge in [0, 0.05) is 6.42 Å². The van der Waals surface area contributed by atoms with Gasteiger partial charge in [-0.05, 0) is 41.5 Å². The Morgan fingerprint density at radius 3 is 2.67 bits per heavy atom. The van der Waals surface area contributed by atoms with Gasteiger partial charge in [0.2, 0.25) is 0 Å². The SMILES string of the molecule is C=Cc1ccccc1C(CCC1C(O)Cc2ccccc2N1O)CC(=O)O. The molecule has 0 aliphatic carbocycles. The maximum Gasteiger partial charge on any atom is 0.303 e. The van der Waals surface area contributed by atoms with Crippen molar-refractivity contribution in [2.75, 3.05) is 5.06 Å². The minimum Gasteiger partial charge on any atom is -0.481 e. The molecule has 0 aromatic heterocycles. The molecule has 0 radical (unpaired) electrons. The van der Waals surface area contributed by atoms with Crippen LogP contribution in [0.2, 0.25) is 0 Å². The average Bonchev–Trinajstić information content (AvgIpc) is 2.66. The lowest BCUT2D eigenvalue weighted by Crippen LogP contribution is -2.47. The number of fused-ring (bicyclic) bond motifs is 1. The van der Waals surface area contributed by atoms with Gasteiger partial charge in [-0.1, -0.05) is 55.1 Å². The lowest BCUT2D eigenvalue weighted by atomic mass is 9.84. The molecule has 1 heterocycles. The van der Waals surface area contributed by atoms with Gasteiger partial charge in [-0.25, -0.2) is 0 Å². The Bertz CT molecular complexity index is 819. The van der Waals surface area contributed by atoms with Crippen LogP contribution in [0.3, 0.4) is 0 Å². The highest BCUT2D eigenvalue weighted by Gasteiger charge is 2.33. The van der Waals surface area contributed by atoms with Crippen molar-refractivity contribution in [1.29, 1.82) is 0 Å². The van der Waals surface area contributed by atoms with E-state index in [1.54, 1.807) is 6.08 Å². The first-order valence-corrected chi connectivity index (χ1v) is 9.18. The Hall–Kier alpha value is -2.63. The highest BCUT2D eigenvalue weighted by Crippen LogP contribution is 2.34. The van der Waals surface area contributed by atoms with E-state index < -0.39 is 18.1 Å². The van der Waals surface area contributed by atoms with Crippen molar-refractivity contribution >= 4 is 17.7 Å². The number of rotatable bonds is 7. The van der Waals surface area contributed by atoms with Crippen molar-refractivity contribution in [3.8, 4) is 0 Å². The lowest BCUT2D eigenvalue weighted by Gasteiger charge is -2.38. The lowest BCUT2D eigenvalue weighted by molar-refractivity contribution is -0.137. The largest absolute Gasteiger partial charge is 0.481 e. The van der Waals surface area contributed by atoms with Crippen molar-refractivity contribution in [2.45, 2.75) is 43.7 Å². The van der Waals surface area contributed by atoms with E-state index in [0.717, 1.165) is 21.8 Å². The predicted molar refractivity (Wildman–Crippen MR) is 105 cm³/mol. The van der Waals surface area contributed by atoms with E-state index in [2.05, 4.69) is 6.58 Å². The summed E-state index contributed by atoms with van der Waals surface area (Å²) in [6.45, 7) is 3.82. The number of anilines is 1. The summed E-state index contributed by atoms with van der Waals surface area (Å²) in [5.41, 5.74) is 3.46. The van der Waals surface area contributed by atoms with E-state index in [-0.39, 0.29) is 12.3 Å². The quantitative estimate of drug-likeness (QED) is 0.693. The monoisotopic (exact) mass is 367 g/mol. The summed E-state index contributed by atoms with van der Waals surface area (Å²) in [6.07, 6.45) is 2.52. The molecule has 0 saturated heterocycles. The van der Waals surface area contributed by atoms with Crippen LogP contribution in [0, 0.1) is 0 Å². The van der Waals surface area contributed by atoms with Crippen LogP contribution in [0.15, 0.2) is 55.1 Å². The third-order valence-electron chi connectivity index (χ3n) is 5.31. The summed E-state index contributed by atoms with van der Waals surface area (Å²) >= 11 is 0.